The highest BCUT2D eigenvalue weighted by Gasteiger charge is 2.14. The van der Waals surface area contributed by atoms with E-state index >= 15 is 0 Å². The molecule has 1 N–H and O–H groups in total. The monoisotopic (exact) mass is 295 g/mol. The lowest BCUT2D eigenvalue weighted by Crippen LogP contribution is -2.06. The van der Waals surface area contributed by atoms with Crippen LogP contribution >= 0.6 is 15.9 Å². The molecule has 0 aliphatic heterocycles. The van der Waals surface area contributed by atoms with Crippen LogP contribution < -0.4 is 0 Å². The molecule has 0 saturated heterocycles. The van der Waals surface area contributed by atoms with Crippen molar-refractivity contribution in [1.82, 2.24) is 4.98 Å². The molecule has 88 valence electrons. The van der Waals surface area contributed by atoms with Crippen LogP contribution in [0.1, 0.15) is 17.4 Å². The summed E-state index contributed by atoms with van der Waals surface area (Å²) in [7, 11) is 0. The van der Waals surface area contributed by atoms with Crippen molar-refractivity contribution in [3.63, 3.8) is 0 Å². The summed E-state index contributed by atoms with van der Waals surface area (Å²) in [4.78, 5) is 3.86. The third-order valence-corrected chi connectivity index (χ3v) is 2.91. The Kier molecular flexibility index (Phi) is 3.86. The molecule has 1 aromatic carbocycles. The average molecular weight is 296 g/mol. The van der Waals surface area contributed by atoms with E-state index in [1.165, 1.54) is 18.3 Å². The molecule has 2 nitrogen and oxygen atoms in total. The van der Waals surface area contributed by atoms with E-state index in [2.05, 4.69) is 20.9 Å². The maximum atomic E-state index is 13.4. The van der Waals surface area contributed by atoms with E-state index in [0.29, 0.717) is 6.42 Å². The lowest BCUT2D eigenvalue weighted by Gasteiger charge is -2.10. The highest BCUT2D eigenvalue weighted by molar-refractivity contribution is 9.10. The van der Waals surface area contributed by atoms with Gasteiger partial charge in [0.25, 0.3) is 0 Å². The summed E-state index contributed by atoms with van der Waals surface area (Å²) in [6, 6.07) is 10.4. The predicted molar refractivity (Wildman–Crippen MR) is 67.0 cm³/mol. The molecular weight excluding hydrogens is 285 g/mol. The van der Waals surface area contributed by atoms with Crippen LogP contribution in [-0.2, 0) is 6.42 Å². The molecule has 1 unspecified atom stereocenters. The minimum atomic E-state index is -0.925. The second-order valence-corrected chi connectivity index (χ2v) is 4.64. The largest absolute Gasteiger partial charge is 0.386 e. The van der Waals surface area contributed by atoms with Gasteiger partial charge in [0.2, 0.25) is 0 Å². The Bertz CT molecular complexity index is 518. The van der Waals surface area contributed by atoms with Gasteiger partial charge in [-0.15, -0.1) is 0 Å². The fourth-order valence-electron chi connectivity index (χ4n) is 1.63. The quantitative estimate of drug-likeness (QED) is 0.943. The van der Waals surface area contributed by atoms with Crippen LogP contribution in [0.4, 0.5) is 4.39 Å². The first-order chi connectivity index (χ1) is 8.16. The normalized spacial score (nSPS) is 12.4. The third kappa shape index (κ3) is 3.11. The molecule has 2 aromatic rings. The summed E-state index contributed by atoms with van der Waals surface area (Å²) in [5.74, 6) is -0.477. The smallest absolute Gasteiger partial charge is 0.147 e. The molecule has 17 heavy (non-hydrogen) atoms. The van der Waals surface area contributed by atoms with Gasteiger partial charge in [-0.3, -0.25) is 4.98 Å². The molecule has 0 fully saturated rings. The van der Waals surface area contributed by atoms with Crippen molar-refractivity contribution >= 4 is 15.9 Å². The molecule has 1 atom stereocenters. The minimum Gasteiger partial charge on any atom is -0.386 e. The van der Waals surface area contributed by atoms with Gasteiger partial charge in [-0.25, -0.2) is 4.39 Å². The number of halogens is 2. The standard InChI is InChI=1S/C13H11BrFNO/c14-10-4-1-3-9(7-10)8-12(17)13-11(15)5-2-6-16-13/h1-7,12,17H,8H2. The van der Waals surface area contributed by atoms with Crippen LogP contribution in [0.5, 0.6) is 0 Å². The Labute approximate surface area is 107 Å². The van der Waals surface area contributed by atoms with Crippen molar-refractivity contribution in [3.05, 3.63) is 64.1 Å². The fourth-order valence-corrected chi connectivity index (χ4v) is 2.07. The number of aliphatic hydroxyl groups excluding tert-OH is 1. The van der Waals surface area contributed by atoms with E-state index in [0.717, 1.165) is 10.0 Å². The number of rotatable bonds is 3. The first-order valence-corrected chi connectivity index (χ1v) is 5.99. The Balaban J connectivity index is 2.17. The summed E-state index contributed by atoms with van der Waals surface area (Å²) >= 11 is 3.35. The summed E-state index contributed by atoms with van der Waals surface area (Å²) < 4.78 is 14.3. The zero-order valence-electron chi connectivity index (χ0n) is 8.98. The second-order valence-electron chi connectivity index (χ2n) is 3.72. The number of nitrogens with zero attached hydrogens (tertiary/aromatic N) is 1. The predicted octanol–water partition coefficient (Wildman–Crippen LogP) is 3.26. The van der Waals surface area contributed by atoms with Gasteiger partial charge in [0, 0.05) is 17.1 Å². The molecule has 4 heteroatoms. The first-order valence-electron chi connectivity index (χ1n) is 5.20. The Morgan fingerprint density at radius 2 is 2.12 bits per heavy atom. The molecule has 0 radical (unpaired) electrons. The first kappa shape index (κ1) is 12.2. The number of hydrogen-bond acceptors (Lipinski definition) is 2. The minimum absolute atomic E-state index is 0.0903. The molecule has 0 bridgehead atoms. The Morgan fingerprint density at radius 3 is 2.82 bits per heavy atom. The van der Waals surface area contributed by atoms with Crippen LogP contribution in [0.25, 0.3) is 0 Å². The average Bonchev–Trinajstić information content (AvgIpc) is 2.29. The number of hydrogen-bond donors (Lipinski definition) is 1. The van der Waals surface area contributed by atoms with Crippen LogP contribution in [-0.4, -0.2) is 10.1 Å². The SMILES string of the molecule is OC(Cc1cccc(Br)c1)c1ncccc1F. The molecule has 0 aliphatic rings. The van der Waals surface area contributed by atoms with E-state index in [1.54, 1.807) is 0 Å². The lowest BCUT2D eigenvalue weighted by molar-refractivity contribution is 0.168. The number of aliphatic hydroxyl groups is 1. The molecule has 1 heterocycles. The van der Waals surface area contributed by atoms with Crippen LogP contribution in [0.2, 0.25) is 0 Å². The van der Waals surface area contributed by atoms with Gasteiger partial charge in [-0.05, 0) is 29.8 Å². The van der Waals surface area contributed by atoms with E-state index in [9.17, 15) is 9.50 Å². The molecule has 2 rings (SSSR count). The highest BCUT2D eigenvalue weighted by Crippen LogP contribution is 2.20. The number of pyridine rings is 1. The van der Waals surface area contributed by atoms with Crippen molar-refractivity contribution < 1.29 is 9.50 Å². The van der Waals surface area contributed by atoms with Gasteiger partial charge in [-0.2, -0.15) is 0 Å². The maximum Gasteiger partial charge on any atom is 0.147 e. The summed E-state index contributed by atoms with van der Waals surface area (Å²) in [5.41, 5.74) is 1.02. The van der Waals surface area contributed by atoms with E-state index in [4.69, 9.17) is 0 Å². The molecule has 0 saturated carbocycles. The van der Waals surface area contributed by atoms with E-state index in [1.807, 2.05) is 24.3 Å². The van der Waals surface area contributed by atoms with Crippen LogP contribution in [0.15, 0.2) is 47.1 Å². The zero-order chi connectivity index (χ0) is 12.3. The Morgan fingerprint density at radius 1 is 1.29 bits per heavy atom. The Hall–Kier alpha value is -1.26. The van der Waals surface area contributed by atoms with Crippen molar-refractivity contribution in [2.45, 2.75) is 12.5 Å². The van der Waals surface area contributed by atoms with Crippen molar-refractivity contribution in [2.75, 3.05) is 0 Å². The van der Waals surface area contributed by atoms with Gasteiger partial charge >= 0.3 is 0 Å². The molecule has 0 amide bonds. The topological polar surface area (TPSA) is 33.1 Å². The van der Waals surface area contributed by atoms with Crippen molar-refractivity contribution in [1.29, 1.82) is 0 Å². The van der Waals surface area contributed by atoms with Crippen molar-refractivity contribution in [2.24, 2.45) is 0 Å². The highest BCUT2D eigenvalue weighted by atomic mass is 79.9. The van der Waals surface area contributed by atoms with Gasteiger partial charge in [-0.1, -0.05) is 28.1 Å². The third-order valence-electron chi connectivity index (χ3n) is 2.42. The fraction of sp³-hybridized carbons (Fsp3) is 0.154. The molecule has 1 aromatic heterocycles. The summed E-state index contributed by atoms with van der Waals surface area (Å²) in [6.07, 6.45) is 0.890. The van der Waals surface area contributed by atoms with E-state index in [-0.39, 0.29) is 5.69 Å². The van der Waals surface area contributed by atoms with Gasteiger partial charge < -0.3 is 5.11 Å². The lowest BCUT2D eigenvalue weighted by atomic mass is 10.1. The van der Waals surface area contributed by atoms with Crippen LogP contribution in [0, 0.1) is 5.82 Å². The summed E-state index contributed by atoms with van der Waals surface area (Å²) in [6.45, 7) is 0. The zero-order valence-corrected chi connectivity index (χ0v) is 10.6. The van der Waals surface area contributed by atoms with E-state index < -0.39 is 11.9 Å². The van der Waals surface area contributed by atoms with Gasteiger partial charge in [0.15, 0.2) is 0 Å². The molecular formula is C13H11BrFNO. The van der Waals surface area contributed by atoms with Gasteiger partial charge in [0.1, 0.15) is 17.6 Å². The number of benzene rings is 1. The molecule has 0 spiro atoms. The molecule has 0 aliphatic carbocycles. The maximum absolute atomic E-state index is 13.4. The van der Waals surface area contributed by atoms with Crippen LogP contribution in [0.3, 0.4) is 0 Å². The number of aromatic nitrogens is 1. The summed E-state index contributed by atoms with van der Waals surface area (Å²) in [5, 5.41) is 9.93. The van der Waals surface area contributed by atoms with Gasteiger partial charge in [0.05, 0.1) is 0 Å². The van der Waals surface area contributed by atoms with Crippen molar-refractivity contribution in [3.8, 4) is 0 Å². The second kappa shape index (κ2) is 5.38.